The van der Waals surface area contributed by atoms with Gasteiger partial charge in [0.2, 0.25) is 0 Å². The Labute approximate surface area is 127 Å². The number of nitrogens with zero attached hydrogens (tertiary/aromatic N) is 1. The van der Waals surface area contributed by atoms with Crippen LogP contribution in [-0.2, 0) is 16.3 Å². The summed E-state index contributed by atoms with van der Waals surface area (Å²) in [6.07, 6.45) is 2.74. The fraction of sp³-hybridized carbons (Fsp3) is 0.562. The van der Waals surface area contributed by atoms with E-state index in [2.05, 4.69) is 6.92 Å². The summed E-state index contributed by atoms with van der Waals surface area (Å²) in [5.74, 6) is 0.469. The van der Waals surface area contributed by atoms with E-state index in [0.29, 0.717) is 31.6 Å². The van der Waals surface area contributed by atoms with Crippen molar-refractivity contribution in [3.05, 3.63) is 35.4 Å². The van der Waals surface area contributed by atoms with Gasteiger partial charge in [-0.1, -0.05) is 37.6 Å². The number of carbonyl (C=O) groups is 1. The van der Waals surface area contributed by atoms with Gasteiger partial charge < -0.3 is 0 Å². The van der Waals surface area contributed by atoms with Gasteiger partial charge in [0.25, 0.3) is 0 Å². The quantitative estimate of drug-likeness (QED) is 0.780. The molecule has 0 radical (unpaired) electrons. The zero-order valence-corrected chi connectivity index (χ0v) is 13.4. The largest absolute Gasteiger partial charge is 0.295 e. The Hall–Kier alpha value is -1.20. The maximum atomic E-state index is 12.3. The number of hydrogen-bond donors (Lipinski definition) is 0. The van der Waals surface area contributed by atoms with Gasteiger partial charge in [-0.2, -0.15) is 0 Å². The zero-order chi connectivity index (χ0) is 15.3. The van der Waals surface area contributed by atoms with Crippen molar-refractivity contribution >= 4 is 15.6 Å². The van der Waals surface area contributed by atoms with Crippen LogP contribution in [0.15, 0.2) is 24.3 Å². The third-order valence-corrected chi connectivity index (χ3v) is 5.55. The predicted molar refractivity (Wildman–Crippen MR) is 84.5 cm³/mol. The van der Waals surface area contributed by atoms with Crippen LogP contribution >= 0.6 is 0 Å². The molecular weight excluding hydrogens is 286 g/mol. The molecule has 5 heteroatoms. The summed E-state index contributed by atoms with van der Waals surface area (Å²) in [5.41, 5.74) is 1.96. The molecular formula is C16H23NO3S. The minimum Gasteiger partial charge on any atom is -0.295 e. The Bertz CT molecular complexity index is 578. The number of benzene rings is 1. The highest BCUT2D eigenvalue weighted by molar-refractivity contribution is 7.91. The van der Waals surface area contributed by atoms with Gasteiger partial charge in [0.05, 0.1) is 18.1 Å². The Morgan fingerprint density at radius 3 is 2.52 bits per heavy atom. The number of carbonyl (C=O) groups excluding carboxylic acids is 1. The first-order valence-corrected chi connectivity index (χ1v) is 9.37. The van der Waals surface area contributed by atoms with E-state index in [-0.39, 0.29) is 17.3 Å². The van der Waals surface area contributed by atoms with E-state index in [4.69, 9.17) is 0 Å². The third-order valence-electron chi connectivity index (χ3n) is 3.83. The van der Waals surface area contributed by atoms with Crippen molar-refractivity contribution < 1.29 is 13.2 Å². The summed E-state index contributed by atoms with van der Waals surface area (Å²) in [6.45, 7) is 3.58. The standard InChI is InChI=1S/C16H23NO3S/c1-2-4-14-5-7-15(8-6-14)16(18)13-17-9-3-11-21(19,20)12-10-17/h5-8H,2-4,9-13H2,1H3. The van der Waals surface area contributed by atoms with E-state index in [9.17, 15) is 13.2 Å². The molecule has 0 atom stereocenters. The SMILES string of the molecule is CCCc1ccc(C(=O)CN2CCCS(=O)(=O)CC2)cc1. The Kier molecular flexibility index (Phi) is 5.53. The molecule has 0 aliphatic carbocycles. The average molecular weight is 309 g/mol. The molecule has 0 aromatic heterocycles. The Morgan fingerprint density at radius 1 is 1.14 bits per heavy atom. The summed E-state index contributed by atoms with van der Waals surface area (Å²) in [4.78, 5) is 14.2. The van der Waals surface area contributed by atoms with Crippen LogP contribution in [0.2, 0.25) is 0 Å². The van der Waals surface area contributed by atoms with E-state index in [0.717, 1.165) is 12.8 Å². The van der Waals surface area contributed by atoms with Crippen molar-refractivity contribution in [3.63, 3.8) is 0 Å². The lowest BCUT2D eigenvalue weighted by Crippen LogP contribution is -2.32. The van der Waals surface area contributed by atoms with Crippen LogP contribution in [0.3, 0.4) is 0 Å². The molecule has 21 heavy (non-hydrogen) atoms. The number of Topliss-reactive ketones (excluding diaryl/α,β-unsaturated/α-hetero) is 1. The molecule has 0 unspecified atom stereocenters. The van der Waals surface area contributed by atoms with Gasteiger partial charge >= 0.3 is 0 Å². The lowest BCUT2D eigenvalue weighted by atomic mass is 10.1. The highest BCUT2D eigenvalue weighted by Crippen LogP contribution is 2.10. The fourth-order valence-electron chi connectivity index (χ4n) is 2.59. The number of aryl methyl sites for hydroxylation is 1. The topological polar surface area (TPSA) is 54.5 Å². The molecule has 1 aromatic carbocycles. The highest BCUT2D eigenvalue weighted by atomic mass is 32.2. The minimum atomic E-state index is -2.92. The lowest BCUT2D eigenvalue weighted by molar-refractivity contribution is 0.0935. The van der Waals surface area contributed by atoms with Gasteiger partial charge in [0.15, 0.2) is 15.6 Å². The molecule has 1 aliphatic heterocycles. The second-order valence-corrected chi connectivity index (χ2v) is 7.96. The Morgan fingerprint density at radius 2 is 1.86 bits per heavy atom. The summed E-state index contributed by atoms with van der Waals surface area (Å²) in [6, 6.07) is 7.76. The first-order chi connectivity index (χ1) is 10.00. The van der Waals surface area contributed by atoms with Crippen molar-refractivity contribution in [1.29, 1.82) is 0 Å². The predicted octanol–water partition coefficient (Wildman–Crippen LogP) is 1.94. The monoisotopic (exact) mass is 309 g/mol. The van der Waals surface area contributed by atoms with Crippen LogP contribution in [0.1, 0.15) is 35.7 Å². The van der Waals surface area contributed by atoms with Gasteiger partial charge in [0.1, 0.15) is 0 Å². The summed E-state index contributed by atoms with van der Waals surface area (Å²) in [7, 11) is -2.92. The van der Waals surface area contributed by atoms with Gasteiger partial charge in [-0.05, 0) is 24.9 Å². The second kappa shape index (κ2) is 7.18. The van der Waals surface area contributed by atoms with Crippen molar-refractivity contribution in [2.75, 3.05) is 31.1 Å². The van der Waals surface area contributed by atoms with Crippen LogP contribution in [0.4, 0.5) is 0 Å². The number of ketones is 1. The molecule has 116 valence electrons. The zero-order valence-electron chi connectivity index (χ0n) is 12.5. The van der Waals surface area contributed by atoms with E-state index < -0.39 is 9.84 Å². The van der Waals surface area contributed by atoms with Crippen molar-refractivity contribution in [2.24, 2.45) is 0 Å². The molecule has 1 aromatic rings. The molecule has 2 rings (SSSR count). The van der Waals surface area contributed by atoms with Crippen LogP contribution in [0.25, 0.3) is 0 Å². The maximum Gasteiger partial charge on any atom is 0.176 e. The van der Waals surface area contributed by atoms with Crippen LogP contribution < -0.4 is 0 Å². The Balaban J connectivity index is 1.94. The maximum absolute atomic E-state index is 12.3. The molecule has 0 saturated carbocycles. The molecule has 0 N–H and O–H groups in total. The molecule has 1 saturated heterocycles. The first kappa shape index (κ1) is 16.2. The molecule has 1 aliphatic rings. The summed E-state index contributed by atoms with van der Waals surface area (Å²) < 4.78 is 23.1. The van der Waals surface area contributed by atoms with Crippen molar-refractivity contribution in [2.45, 2.75) is 26.2 Å². The van der Waals surface area contributed by atoms with Crippen LogP contribution in [0.5, 0.6) is 0 Å². The van der Waals surface area contributed by atoms with Gasteiger partial charge in [-0.15, -0.1) is 0 Å². The van der Waals surface area contributed by atoms with Crippen molar-refractivity contribution in [3.8, 4) is 0 Å². The van der Waals surface area contributed by atoms with Crippen LogP contribution in [-0.4, -0.2) is 50.2 Å². The van der Waals surface area contributed by atoms with Crippen molar-refractivity contribution in [1.82, 2.24) is 4.90 Å². The summed E-state index contributed by atoms with van der Waals surface area (Å²) in [5, 5.41) is 0. The smallest absolute Gasteiger partial charge is 0.176 e. The van der Waals surface area contributed by atoms with E-state index >= 15 is 0 Å². The molecule has 0 spiro atoms. The van der Waals surface area contributed by atoms with Gasteiger partial charge in [-0.3, -0.25) is 9.69 Å². The number of hydrogen-bond acceptors (Lipinski definition) is 4. The van der Waals surface area contributed by atoms with Crippen LogP contribution in [0, 0.1) is 0 Å². The normalized spacial score (nSPS) is 19.1. The number of sulfone groups is 1. The first-order valence-electron chi connectivity index (χ1n) is 7.55. The van der Waals surface area contributed by atoms with Gasteiger partial charge in [-0.25, -0.2) is 8.42 Å². The molecule has 0 amide bonds. The molecule has 0 bridgehead atoms. The number of rotatable bonds is 5. The molecule has 1 fully saturated rings. The lowest BCUT2D eigenvalue weighted by Gasteiger charge is -2.18. The minimum absolute atomic E-state index is 0.0670. The van der Waals surface area contributed by atoms with E-state index in [1.807, 2.05) is 29.2 Å². The average Bonchev–Trinajstić information content (AvgIpc) is 2.61. The van der Waals surface area contributed by atoms with E-state index in [1.54, 1.807) is 0 Å². The van der Waals surface area contributed by atoms with Gasteiger partial charge in [0, 0.05) is 12.1 Å². The second-order valence-electron chi connectivity index (χ2n) is 5.65. The highest BCUT2D eigenvalue weighted by Gasteiger charge is 2.20. The van der Waals surface area contributed by atoms with E-state index in [1.165, 1.54) is 5.56 Å². The molecule has 4 nitrogen and oxygen atoms in total. The summed E-state index contributed by atoms with van der Waals surface area (Å²) >= 11 is 0. The third kappa shape index (κ3) is 4.93. The molecule has 1 heterocycles. The fourth-order valence-corrected chi connectivity index (χ4v) is 3.90.